The number of hydrogen-bond donors (Lipinski definition) is 0. The molecule has 0 aliphatic carbocycles. The second-order valence-corrected chi connectivity index (χ2v) is 6.42. The number of hydrogen-bond acceptors (Lipinski definition) is 2. The first-order valence-corrected chi connectivity index (χ1v) is 8.51. The van der Waals surface area contributed by atoms with E-state index in [1.54, 1.807) is 0 Å². The number of carbonyl (C=O) groups is 1. The molecule has 1 saturated heterocycles. The van der Waals surface area contributed by atoms with Crippen LogP contribution in [0.1, 0.15) is 25.3 Å². The Bertz CT molecular complexity index is 517. The van der Waals surface area contributed by atoms with Crippen molar-refractivity contribution in [1.82, 2.24) is 9.80 Å². The molecule has 3 heteroatoms. The minimum Gasteiger partial charge on any atom is -0.341 e. The van der Waals surface area contributed by atoms with Gasteiger partial charge in [-0.25, -0.2) is 0 Å². The van der Waals surface area contributed by atoms with Crippen LogP contribution in [0.15, 0.2) is 42.5 Å². The fourth-order valence-corrected chi connectivity index (χ4v) is 3.62. The molecule has 0 saturated carbocycles. The highest BCUT2D eigenvalue weighted by Gasteiger charge is 2.31. The van der Waals surface area contributed by atoms with Crippen molar-refractivity contribution in [1.29, 1.82) is 0 Å². The third-order valence-corrected chi connectivity index (χ3v) is 5.00. The number of rotatable bonds is 4. The van der Waals surface area contributed by atoms with Gasteiger partial charge in [0.2, 0.25) is 5.91 Å². The summed E-state index contributed by atoms with van der Waals surface area (Å²) < 4.78 is 0. The van der Waals surface area contributed by atoms with Crippen molar-refractivity contribution < 1.29 is 4.79 Å². The Kier molecular flexibility index (Phi) is 4.94. The van der Waals surface area contributed by atoms with Crippen molar-refractivity contribution in [3.63, 3.8) is 0 Å². The van der Waals surface area contributed by atoms with E-state index in [1.807, 2.05) is 0 Å². The van der Waals surface area contributed by atoms with Crippen LogP contribution in [0.3, 0.4) is 0 Å². The molecule has 2 aliphatic rings. The summed E-state index contributed by atoms with van der Waals surface area (Å²) in [6, 6.07) is 10.7. The third kappa shape index (κ3) is 3.41. The number of carbonyl (C=O) groups excluding carboxylic acids is 1. The van der Waals surface area contributed by atoms with Gasteiger partial charge in [-0.15, -0.1) is 0 Å². The normalized spacial score (nSPS) is 23.1. The molecule has 2 heterocycles. The van der Waals surface area contributed by atoms with E-state index < -0.39 is 0 Å². The molecule has 22 heavy (non-hydrogen) atoms. The van der Waals surface area contributed by atoms with Gasteiger partial charge in [0.05, 0.1) is 0 Å². The van der Waals surface area contributed by atoms with E-state index >= 15 is 0 Å². The van der Waals surface area contributed by atoms with Crippen molar-refractivity contribution in [2.75, 3.05) is 26.2 Å². The molecule has 3 rings (SSSR count). The van der Waals surface area contributed by atoms with Crippen LogP contribution in [0.2, 0.25) is 0 Å². The molecule has 1 fully saturated rings. The van der Waals surface area contributed by atoms with Crippen molar-refractivity contribution in [2.24, 2.45) is 5.92 Å². The summed E-state index contributed by atoms with van der Waals surface area (Å²) in [4.78, 5) is 17.0. The quantitative estimate of drug-likeness (QED) is 0.798. The first-order valence-electron chi connectivity index (χ1n) is 8.51. The van der Waals surface area contributed by atoms with E-state index in [2.05, 4.69) is 59.2 Å². The summed E-state index contributed by atoms with van der Waals surface area (Å²) in [6.45, 7) is 5.81. The van der Waals surface area contributed by atoms with Crippen molar-refractivity contribution in [2.45, 2.75) is 32.2 Å². The van der Waals surface area contributed by atoms with Gasteiger partial charge in [-0.2, -0.15) is 0 Å². The molecule has 1 aromatic carbocycles. The second kappa shape index (κ2) is 7.10. The van der Waals surface area contributed by atoms with Gasteiger partial charge in [0.25, 0.3) is 0 Å². The van der Waals surface area contributed by atoms with E-state index in [9.17, 15) is 4.79 Å². The average molecular weight is 298 g/mol. The fraction of sp³-hybridized carbons (Fsp3) is 0.526. The zero-order valence-electron chi connectivity index (χ0n) is 13.4. The van der Waals surface area contributed by atoms with E-state index in [0.717, 1.165) is 45.4 Å². The minimum atomic E-state index is -0.0179. The van der Waals surface area contributed by atoms with Gasteiger partial charge in [-0.3, -0.25) is 9.69 Å². The van der Waals surface area contributed by atoms with Gasteiger partial charge in [-0.1, -0.05) is 49.4 Å². The summed E-state index contributed by atoms with van der Waals surface area (Å²) in [5.74, 6) is 1.02. The van der Waals surface area contributed by atoms with Crippen LogP contribution >= 0.6 is 0 Å². The van der Waals surface area contributed by atoms with Gasteiger partial charge in [0.15, 0.2) is 0 Å². The molecule has 1 amide bonds. The highest BCUT2D eigenvalue weighted by molar-refractivity contribution is 5.84. The predicted molar refractivity (Wildman–Crippen MR) is 89.6 cm³/mol. The lowest BCUT2D eigenvalue weighted by Crippen LogP contribution is -2.48. The Labute approximate surface area is 133 Å². The number of amides is 1. The zero-order valence-corrected chi connectivity index (χ0v) is 13.4. The molecule has 0 unspecified atom stereocenters. The lowest BCUT2D eigenvalue weighted by molar-refractivity contribution is -0.136. The van der Waals surface area contributed by atoms with Gasteiger partial charge < -0.3 is 4.90 Å². The fourth-order valence-electron chi connectivity index (χ4n) is 3.62. The molecule has 0 N–H and O–H groups in total. The molecule has 0 spiro atoms. The lowest BCUT2D eigenvalue weighted by atomic mass is 9.90. The Morgan fingerprint density at radius 1 is 1.18 bits per heavy atom. The molecule has 1 atom stereocenters. The standard InChI is InChI=1S/C19H26N2O/c1-2-20-12-6-9-18(20)19(22)21-13-10-17(11-14-21)15-16-7-4-3-5-8-16/h3-9,17-18H,2,10-15H2,1H3/t18-/m0/s1. The molecule has 1 aromatic rings. The third-order valence-electron chi connectivity index (χ3n) is 5.00. The van der Waals surface area contributed by atoms with Crippen molar-refractivity contribution in [3.05, 3.63) is 48.0 Å². The summed E-state index contributed by atoms with van der Waals surface area (Å²) >= 11 is 0. The highest BCUT2D eigenvalue weighted by Crippen LogP contribution is 2.23. The van der Waals surface area contributed by atoms with Crippen LogP contribution in [0.4, 0.5) is 0 Å². The average Bonchev–Trinajstić information content (AvgIpc) is 3.04. The van der Waals surface area contributed by atoms with E-state index in [0.29, 0.717) is 11.8 Å². The molecule has 0 radical (unpaired) electrons. The van der Waals surface area contributed by atoms with Crippen LogP contribution < -0.4 is 0 Å². The molecule has 118 valence electrons. The summed E-state index contributed by atoms with van der Waals surface area (Å²) in [6.07, 6.45) is 7.59. The van der Waals surface area contributed by atoms with Crippen LogP contribution in [-0.2, 0) is 11.2 Å². The molecular formula is C19H26N2O. The maximum absolute atomic E-state index is 12.7. The number of likely N-dealkylation sites (tertiary alicyclic amines) is 1. The lowest BCUT2D eigenvalue weighted by Gasteiger charge is -2.35. The molecule has 0 aromatic heterocycles. The Balaban J connectivity index is 1.51. The maximum atomic E-state index is 12.7. The van der Waals surface area contributed by atoms with Crippen molar-refractivity contribution >= 4 is 5.91 Å². The number of piperidine rings is 1. The molecule has 3 nitrogen and oxygen atoms in total. The Morgan fingerprint density at radius 2 is 1.91 bits per heavy atom. The summed E-state index contributed by atoms with van der Waals surface area (Å²) in [5, 5.41) is 0. The Morgan fingerprint density at radius 3 is 2.59 bits per heavy atom. The van der Waals surface area contributed by atoms with Gasteiger partial charge in [0.1, 0.15) is 6.04 Å². The first-order chi connectivity index (χ1) is 10.8. The van der Waals surface area contributed by atoms with Crippen LogP contribution in [0.25, 0.3) is 0 Å². The Hall–Kier alpha value is -1.61. The van der Waals surface area contributed by atoms with Gasteiger partial charge in [-0.05, 0) is 37.3 Å². The monoisotopic (exact) mass is 298 g/mol. The largest absolute Gasteiger partial charge is 0.341 e. The van der Waals surface area contributed by atoms with Crippen LogP contribution in [-0.4, -0.2) is 47.9 Å². The SMILES string of the molecule is CCN1CC=C[C@H]1C(=O)N1CCC(Cc2ccccc2)CC1. The molecular weight excluding hydrogens is 272 g/mol. The van der Waals surface area contributed by atoms with E-state index in [-0.39, 0.29) is 6.04 Å². The van der Waals surface area contributed by atoms with E-state index in [1.165, 1.54) is 5.56 Å². The van der Waals surface area contributed by atoms with Crippen molar-refractivity contribution in [3.8, 4) is 0 Å². The first kappa shape index (κ1) is 15.3. The topological polar surface area (TPSA) is 23.6 Å². The predicted octanol–water partition coefficient (Wildman–Crippen LogP) is 2.73. The minimum absolute atomic E-state index is 0.0179. The smallest absolute Gasteiger partial charge is 0.243 e. The zero-order chi connectivity index (χ0) is 15.4. The van der Waals surface area contributed by atoms with Gasteiger partial charge in [0, 0.05) is 19.6 Å². The molecule has 2 aliphatic heterocycles. The highest BCUT2D eigenvalue weighted by atomic mass is 16.2. The number of benzene rings is 1. The maximum Gasteiger partial charge on any atom is 0.243 e. The summed E-state index contributed by atoms with van der Waals surface area (Å²) in [5.41, 5.74) is 1.42. The van der Waals surface area contributed by atoms with E-state index in [4.69, 9.17) is 0 Å². The summed E-state index contributed by atoms with van der Waals surface area (Å²) in [7, 11) is 0. The van der Waals surface area contributed by atoms with Gasteiger partial charge >= 0.3 is 0 Å². The van der Waals surface area contributed by atoms with Crippen LogP contribution in [0, 0.1) is 5.92 Å². The number of likely N-dealkylation sites (N-methyl/N-ethyl adjacent to an activating group) is 1. The second-order valence-electron chi connectivity index (χ2n) is 6.42. The number of nitrogens with zero attached hydrogens (tertiary/aromatic N) is 2. The molecule has 0 bridgehead atoms. The van der Waals surface area contributed by atoms with Crippen LogP contribution in [0.5, 0.6) is 0 Å².